The standard InChI is InChI=1S/C40H82N2O5/c1-6-9-12-14-16-22-28-36-45-39(4)30-24-18-20-26-32-41(34-35-42(44-5)47-38-11-8-3)33-27-21-19-25-31-40(43)46-37-29-23-17-15-13-10-7-2/h40,43H,4,6-38H2,1-3,5H3. The maximum Gasteiger partial charge on any atom is 0.154 e. The number of hydrogen-bond donors (Lipinski definition) is 1. The summed E-state index contributed by atoms with van der Waals surface area (Å²) < 4.78 is 11.5. The van der Waals surface area contributed by atoms with E-state index in [0.29, 0.717) is 13.2 Å². The van der Waals surface area contributed by atoms with Crippen molar-refractivity contribution in [3.63, 3.8) is 0 Å². The van der Waals surface area contributed by atoms with Crippen LogP contribution < -0.4 is 0 Å². The van der Waals surface area contributed by atoms with Gasteiger partial charge in [-0.05, 0) is 64.5 Å². The molecule has 0 aromatic heterocycles. The molecule has 1 N–H and O–H groups in total. The van der Waals surface area contributed by atoms with Gasteiger partial charge < -0.3 is 19.5 Å². The average Bonchev–Trinajstić information content (AvgIpc) is 3.07. The molecule has 0 aliphatic carbocycles. The van der Waals surface area contributed by atoms with Crippen LogP contribution >= 0.6 is 0 Å². The molecule has 7 heteroatoms. The van der Waals surface area contributed by atoms with Gasteiger partial charge in [-0.3, -0.25) is 9.68 Å². The minimum absolute atomic E-state index is 0.604. The van der Waals surface area contributed by atoms with Crippen LogP contribution in [0.4, 0.5) is 0 Å². The van der Waals surface area contributed by atoms with Crippen molar-refractivity contribution in [1.82, 2.24) is 10.1 Å². The van der Waals surface area contributed by atoms with Crippen LogP contribution in [-0.2, 0) is 19.1 Å². The minimum Gasteiger partial charge on any atom is -0.499 e. The van der Waals surface area contributed by atoms with Crippen LogP contribution in [0.2, 0.25) is 0 Å². The van der Waals surface area contributed by atoms with Crippen molar-refractivity contribution in [2.45, 2.75) is 194 Å². The highest BCUT2D eigenvalue weighted by molar-refractivity contribution is 4.81. The average molecular weight is 671 g/mol. The van der Waals surface area contributed by atoms with Gasteiger partial charge in [0.15, 0.2) is 6.29 Å². The van der Waals surface area contributed by atoms with Gasteiger partial charge in [-0.15, -0.1) is 0 Å². The SMILES string of the molecule is C=C(CCCCCCN(CCCCCCC(O)OCCCCCCCCC)CCN(OC)OCCCC)OCCCCCCCCC. The quantitative estimate of drug-likeness (QED) is 0.0301. The second-order valence-electron chi connectivity index (χ2n) is 13.6. The van der Waals surface area contributed by atoms with Crippen molar-refractivity contribution < 1.29 is 24.3 Å². The first-order valence-corrected chi connectivity index (χ1v) is 20.3. The van der Waals surface area contributed by atoms with E-state index in [-0.39, 0.29) is 0 Å². The van der Waals surface area contributed by atoms with E-state index < -0.39 is 6.29 Å². The third-order valence-corrected chi connectivity index (χ3v) is 9.00. The molecule has 7 nitrogen and oxygen atoms in total. The highest BCUT2D eigenvalue weighted by Crippen LogP contribution is 2.14. The molecule has 0 saturated heterocycles. The lowest BCUT2D eigenvalue weighted by Crippen LogP contribution is -2.36. The smallest absolute Gasteiger partial charge is 0.154 e. The summed E-state index contributed by atoms with van der Waals surface area (Å²) in [4.78, 5) is 13.8. The summed E-state index contributed by atoms with van der Waals surface area (Å²) in [6.07, 6.45) is 30.7. The molecule has 0 amide bonds. The molecule has 0 rings (SSSR count). The van der Waals surface area contributed by atoms with Crippen LogP contribution in [0.1, 0.15) is 188 Å². The Hall–Kier alpha value is -0.700. The highest BCUT2D eigenvalue weighted by Gasteiger charge is 2.11. The topological polar surface area (TPSA) is 63.6 Å². The molecule has 0 saturated carbocycles. The molecule has 282 valence electrons. The van der Waals surface area contributed by atoms with E-state index in [9.17, 15) is 5.11 Å². The van der Waals surface area contributed by atoms with Gasteiger partial charge in [0.2, 0.25) is 0 Å². The predicted octanol–water partition coefficient (Wildman–Crippen LogP) is 11.2. The Balaban J connectivity index is 4.14. The summed E-state index contributed by atoms with van der Waals surface area (Å²) in [5.41, 5.74) is 0. The van der Waals surface area contributed by atoms with Crippen molar-refractivity contribution in [3.05, 3.63) is 12.3 Å². The summed E-state index contributed by atoms with van der Waals surface area (Å²) in [6.45, 7) is 16.9. The lowest BCUT2D eigenvalue weighted by molar-refractivity contribution is -0.356. The van der Waals surface area contributed by atoms with Gasteiger partial charge in [0.05, 0.1) is 32.6 Å². The van der Waals surface area contributed by atoms with Crippen molar-refractivity contribution in [2.24, 2.45) is 0 Å². The van der Waals surface area contributed by atoms with Crippen LogP contribution in [0.5, 0.6) is 0 Å². The normalized spacial score (nSPS) is 12.4. The monoisotopic (exact) mass is 671 g/mol. The fourth-order valence-electron chi connectivity index (χ4n) is 5.81. The van der Waals surface area contributed by atoms with Crippen molar-refractivity contribution >= 4 is 0 Å². The lowest BCUT2D eigenvalue weighted by Gasteiger charge is -2.26. The molecule has 0 spiro atoms. The van der Waals surface area contributed by atoms with Gasteiger partial charge in [0, 0.05) is 19.6 Å². The number of rotatable bonds is 40. The first-order chi connectivity index (χ1) is 23.1. The number of aliphatic hydroxyl groups excluding tert-OH is 1. The molecule has 47 heavy (non-hydrogen) atoms. The fourth-order valence-corrected chi connectivity index (χ4v) is 5.81. The van der Waals surface area contributed by atoms with Gasteiger partial charge in [0.1, 0.15) is 0 Å². The first kappa shape index (κ1) is 46.3. The van der Waals surface area contributed by atoms with Crippen molar-refractivity contribution in [2.75, 3.05) is 53.1 Å². The molecule has 0 heterocycles. The van der Waals surface area contributed by atoms with Crippen LogP contribution in [0.3, 0.4) is 0 Å². The predicted molar refractivity (Wildman–Crippen MR) is 200 cm³/mol. The molecule has 1 atom stereocenters. The number of hydrogen-bond acceptors (Lipinski definition) is 7. The Morgan fingerprint density at radius 3 is 1.66 bits per heavy atom. The van der Waals surface area contributed by atoms with E-state index in [1.807, 2.05) is 0 Å². The van der Waals surface area contributed by atoms with Crippen LogP contribution in [0.15, 0.2) is 12.3 Å². The Bertz CT molecular complexity index is 623. The van der Waals surface area contributed by atoms with Gasteiger partial charge in [-0.2, -0.15) is 0 Å². The number of unbranched alkanes of at least 4 members (excludes halogenated alkanes) is 19. The number of ether oxygens (including phenoxy) is 2. The van der Waals surface area contributed by atoms with E-state index in [2.05, 4.69) is 32.3 Å². The molecule has 0 aromatic rings. The van der Waals surface area contributed by atoms with E-state index >= 15 is 0 Å². The lowest BCUT2D eigenvalue weighted by atomic mass is 10.1. The zero-order chi connectivity index (χ0) is 34.5. The summed E-state index contributed by atoms with van der Waals surface area (Å²) in [5.74, 6) is 0.965. The largest absolute Gasteiger partial charge is 0.499 e. The van der Waals surface area contributed by atoms with E-state index in [4.69, 9.17) is 19.1 Å². The first-order valence-electron chi connectivity index (χ1n) is 20.3. The summed E-state index contributed by atoms with van der Waals surface area (Å²) >= 11 is 0. The molecule has 0 aliphatic heterocycles. The van der Waals surface area contributed by atoms with Crippen LogP contribution in [-0.4, -0.2) is 74.6 Å². The summed E-state index contributed by atoms with van der Waals surface area (Å²) in [7, 11) is 1.69. The Morgan fingerprint density at radius 1 is 0.553 bits per heavy atom. The summed E-state index contributed by atoms with van der Waals surface area (Å²) in [6, 6.07) is 0. The molecule has 1 unspecified atom stereocenters. The molecule has 0 bridgehead atoms. The maximum atomic E-state index is 10.2. The van der Waals surface area contributed by atoms with Gasteiger partial charge in [-0.25, -0.2) is 0 Å². The van der Waals surface area contributed by atoms with E-state index in [1.54, 1.807) is 12.3 Å². The molecule has 0 fully saturated rings. The van der Waals surface area contributed by atoms with Crippen molar-refractivity contribution in [3.8, 4) is 0 Å². The van der Waals surface area contributed by atoms with Crippen LogP contribution in [0.25, 0.3) is 0 Å². The number of hydroxylamine groups is 2. The van der Waals surface area contributed by atoms with Crippen molar-refractivity contribution in [1.29, 1.82) is 0 Å². The second-order valence-corrected chi connectivity index (χ2v) is 13.6. The fraction of sp³-hybridized carbons (Fsp3) is 0.950. The third kappa shape index (κ3) is 34.9. The number of allylic oxidation sites excluding steroid dienone is 1. The number of aliphatic hydroxyl groups is 1. The zero-order valence-corrected chi connectivity index (χ0v) is 32.1. The van der Waals surface area contributed by atoms with E-state index in [0.717, 1.165) is 96.3 Å². The minimum atomic E-state index is -0.604. The second kappa shape index (κ2) is 38.1. The molecular formula is C40H82N2O5. The van der Waals surface area contributed by atoms with E-state index in [1.165, 1.54) is 109 Å². The van der Waals surface area contributed by atoms with Crippen LogP contribution in [0, 0.1) is 0 Å². The zero-order valence-electron chi connectivity index (χ0n) is 32.1. The van der Waals surface area contributed by atoms with Gasteiger partial charge >= 0.3 is 0 Å². The van der Waals surface area contributed by atoms with Gasteiger partial charge in [0.25, 0.3) is 0 Å². The molecular weight excluding hydrogens is 588 g/mol. The molecule has 0 aromatic carbocycles. The maximum absolute atomic E-state index is 10.2. The Morgan fingerprint density at radius 2 is 1.06 bits per heavy atom. The molecule has 0 radical (unpaired) electrons. The third-order valence-electron chi connectivity index (χ3n) is 9.00. The highest BCUT2D eigenvalue weighted by atomic mass is 16.9. The summed E-state index contributed by atoms with van der Waals surface area (Å²) in [5, 5.41) is 11.8. The Labute approximate surface area is 293 Å². The number of nitrogens with zero attached hydrogens (tertiary/aromatic N) is 2. The molecule has 0 aliphatic rings. The van der Waals surface area contributed by atoms with Gasteiger partial charge in [-0.1, -0.05) is 142 Å². The Kier molecular flexibility index (Phi) is 37.5.